The van der Waals surface area contributed by atoms with Crippen LogP contribution in [0.4, 0.5) is 17.3 Å². The number of aromatic nitrogens is 2. The maximum Gasteiger partial charge on any atom is 0.354 e. The highest BCUT2D eigenvalue weighted by molar-refractivity contribution is 6.35. The third kappa shape index (κ3) is 6.56. The van der Waals surface area contributed by atoms with E-state index in [1.165, 1.54) is 18.5 Å². The molecule has 0 saturated heterocycles. The molecule has 0 atom stereocenters. The summed E-state index contributed by atoms with van der Waals surface area (Å²) in [6, 6.07) is 4.70. The van der Waals surface area contributed by atoms with E-state index in [4.69, 9.17) is 27.9 Å². The Labute approximate surface area is 188 Å². The number of halogens is 2. The molecule has 10 nitrogen and oxygen atoms in total. The largest absolute Gasteiger partial charge is 0.482 e. The predicted molar refractivity (Wildman–Crippen MR) is 118 cm³/mol. The number of nitro groups is 1. The van der Waals surface area contributed by atoms with Crippen molar-refractivity contribution in [1.82, 2.24) is 15.4 Å². The number of amides is 1. The molecule has 1 aromatic heterocycles. The van der Waals surface area contributed by atoms with Crippen LogP contribution in [0.2, 0.25) is 10.0 Å². The van der Waals surface area contributed by atoms with Crippen LogP contribution in [0.25, 0.3) is 0 Å². The van der Waals surface area contributed by atoms with Gasteiger partial charge in [0, 0.05) is 11.1 Å². The molecule has 166 valence electrons. The number of anilines is 2. The molecular formula is C19H22Cl2N6O4. The summed E-state index contributed by atoms with van der Waals surface area (Å²) in [7, 11) is 0. The first-order valence-electron chi connectivity index (χ1n) is 9.82. The lowest BCUT2D eigenvalue weighted by Crippen LogP contribution is -2.34. The highest BCUT2D eigenvalue weighted by Crippen LogP contribution is 2.31. The van der Waals surface area contributed by atoms with E-state index in [0.717, 1.165) is 38.5 Å². The van der Waals surface area contributed by atoms with Gasteiger partial charge in [0.25, 0.3) is 5.91 Å². The third-order valence-electron chi connectivity index (χ3n) is 4.77. The molecule has 0 aliphatic heterocycles. The molecule has 1 amide bonds. The van der Waals surface area contributed by atoms with E-state index in [2.05, 4.69) is 26.1 Å². The van der Waals surface area contributed by atoms with Gasteiger partial charge in [0.15, 0.2) is 6.61 Å². The van der Waals surface area contributed by atoms with E-state index in [9.17, 15) is 14.9 Å². The van der Waals surface area contributed by atoms with Crippen molar-refractivity contribution >= 4 is 46.4 Å². The summed E-state index contributed by atoms with van der Waals surface area (Å²) in [5.74, 6) is -0.317. The van der Waals surface area contributed by atoms with Gasteiger partial charge in [-0.05, 0) is 31.0 Å². The third-order valence-corrected chi connectivity index (χ3v) is 5.30. The fourth-order valence-corrected chi connectivity index (χ4v) is 3.73. The number of hydrogen-bond acceptors (Lipinski definition) is 8. The number of carbonyl (C=O) groups is 1. The van der Waals surface area contributed by atoms with Gasteiger partial charge < -0.3 is 10.1 Å². The number of hydrazine groups is 1. The van der Waals surface area contributed by atoms with Crippen LogP contribution in [-0.2, 0) is 4.79 Å². The zero-order valence-electron chi connectivity index (χ0n) is 16.6. The molecule has 0 spiro atoms. The minimum absolute atomic E-state index is 0.107. The van der Waals surface area contributed by atoms with Crippen molar-refractivity contribution in [2.45, 2.75) is 44.6 Å². The molecule has 3 rings (SSSR count). The fraction of sp³-hybridized carbons (Fsp3) is 0.421. The summed E-state index contributed by atoms with van der Waals surface area (Å²) >= 11 is 11.8. The summed E-state index contributed by atoms with van der Waals surface area (Å²) in [5, 5.41) is 15.5. The molecular weight excluding hydrogens is 447 g/mol. The molecule has 1 saturated carbocycles. The first-order chi connectivity index (χ1) is 14.9. The van der Waals surface area contributed by atoms with E-state index in [-0.39, 0.29) is 40.7 Å². The SMILES string of the molecule is O=C(COc1ccc(Cl)cc1Cl)NNc1ncnc(NC2CCCCCC2)c1[N+](=O)[O-]. The highest BCUT2D eigenvalue weighted by Gasteiger charge is 2.25. The van der Waals surface area contributed by atoms with E-state index < -0.39 is 10.8 Å². The number of rotatable bonds is 8. The maximum atomic E-state index is 12.1. The minimum atomic E-state index is -0.586. The summed E-state index contributed by atoms with van der Waals surface area (Å²) in [5.41, 5.74) is 4.47. The van der Waals surface area contributed by atoms with Crippen molar-refractivity contribution in [2.75, 3.05) is 17.3 Å². The van der Waals surface area contributed by atoms with Crippen molar-refractivity contribution < 1.29 is 14.5 Å². The second-order valence-corrected chi connectivity index (χ2v) is 7.89. The van der Waals surface area contributed by atoms with Gasteiger partial charge in [0.1, 0.15) is 12.1 Å². The van der Waals surface area contributed by atoms with Gasteiger partial charge in [-0.3, -0.25) is 25.8 Å². The van der Waals surface area contributed by atoms with Gasteiger partial charge >= 0.3 is 5.69 Å². The maximum absolute atomic E-state index is 12.1. The van der Waals surface area contributed by atoms with Crippen LogP contribution in [-0.4, -0.2) is 33.4 Å². The zero-order valence-corrected chi connectivity index (χ0v) is 18.1. The summed E-state index contributed by atoms with van der Waals surface area (Å²) in [4.78, 5) is 31.1. The smallest absolute Gasteiger partial charge is 0.354 e. The topological polar surface area (TPSA) is 131 Å². The second kappa shape index (κ2) is 11.0. The van der Waals surface area contributed by atoms with Crippen molar-refractivity contribution in [1.29, 1.82) is 0 Å². The number of nitrogens with zero attached hydrogens (tertiary/aromatic N) is 3. The van der Waals surface area contributed by atoms with E-state index >= 15 is 0 Å². The number of ether oxygens (including phenoxy) is 1. The van der Waals surface area contributed by atoms with Gasteiger partial charge in [-0.1, -0.05) is 48.9 Å². The van der Waals surface area contributed by atoms with E-state index in [1.54, 1.807) is 6.07 Å². The van der Waals surface area contributed by atoms with Crippen LogP contribution in [0.1, 0.15) is 38.5 Å². The number of nitrogens with one attached hydrogen (secondary N) is 3. The van der Waals surface area contributed by atoms with E-state index in [1.807, 2.05) is 0 Å². The normalized spacial score (nSPS) is 14.4. The summed E-state index contributed by atoms with van der Waals surface area (Å²) in [6.45, 7) is -0.375. The van der Waals surface area contributed by atoms with Crippen LogP contribution in [0.3, 0.4) is 0 Å². The van der Waals surface area contributed by atoms with Crippen molar-refractivity contribution in [3.05, 3.63) is 44.7 Å². The average molecular weight is 469 g/mol. The molecule has 1 aromatic carbocycles. The van der Waals surface area contributed by atoms with Crippen molar-refractivity contribution in [2.24, 2.45) is 0 Å². The Kier molecular flexibility index (Phi) is 8.07. The quantitative estimate of drug-likeness (QED) is 0.296. The standard InChI is InChI=1S/C19H22Cl2N6O4/c20-12-7-8-15(14(21)9-12)31-10-16(28)25-26-19-17(27(29)30)18(22-11-23-19)24-13-5-3-1-2-4-6-13/h7-9,11,13H,1-6,10H2,(H,25,28)(H2,22,23,24,26). The first-order valence-corrected chi connectivity index (χ1v) is 10.6. The van der Waals surface area contributed by atoms with Crippen LogP contribution >= 0.6 is 23.2 Å². The molecule has 1 fully saturated rings. The van der Waals surface area contributed by atoms with Gasteiger partial charge in [-0.25, -0.2) is 9.97 Å². The van der Waals surface area contributed by atoms with Gasteiger partial charge in [0.2, 0.25) is 11.6 Å². The molecule has 3 N–H and O–H groups in total. The van der Waals surface area contributed by atoms with Crippen molar-refractivity contribution in [3.63, 3.8) is 0 Å². The fourth-order valence-electron chi connectivity index (χ4n) is 3.27. The molecule has 1 aliphatic rings. The molecule has 2 aromatic rings. The Morgan fingerprint density at radius 1 is 1.16 bits per heavy atom. The van der Waals surface area contributed by atoms with Gasteiger partial charge in [0.05, 0.1) is 9.95 Å². The lowest BCUT2D eigenvalue weighted by atomic mass is 10.1. The lowest BCUT2D eigenvalue weighted by Gasteiger charge is -2.17. The number of benzene rings is 1. The van der Waals surface area contributed by atoms with Gasteiger partial charge in [-0.15, -0.1) is 0 Å². The van der Waals surface area contributed by atoms with Crippen LogP contribution in [0.15, 0.2) is 24.5 Å². The molecule has 1 aliphatic carbocycles. The minimum Gasteiger partial charge on any atom is -0.482 e. The zero-order chi connectivity index (χ0) is 22.2. The number of hydrogen-bond donors (Lipinski definition) is 3. The monoisotopic (exact) mass is 468 g/mol. The van der Waals surface area contributed by atoms with Crippen LogP contribution < -0.4 is 20.9 Å². The molecule has 0 unspecified atom stereocenters. The first kappa shape index (κ1) is 22.8. The molecule has 1 heterocycles. The highest BCUT2D eigenvalue weighted by atomic mass is 35.5. The average Bonchev–Trinajstić information content (AvgIpc) is 3.00. The van der Waals surface area contributed by atoms with Crippen molar-refractivity contribution in [3.8, 4) is 5.75 Å². The Hall–Kier alpha value is -2.85. The van der Waals surface area contributed by atoms with E-state index in [0.29, 0.717) is 5.02 Å². The Bertz CT molecular complexity index is 938. The van der Waals surface area contributed by atoms with Crippen LogP contribution in [0, 0.1) is 10.1 Å². The molecule has 12 heteroatoms. The Morgan fingerprint density at radius 3 is 2.55 bits per heavy atom. The Balaban J connectivity index is 1.62. The molecule has 0 radical (unpaired) electrons. The molecule has 0 bridgehead atoms. The predicted octanol–water partition coefficient (Wildman–Crippen LogP) is 4.35. The second-order valence-electron chi connectivity index (χ2n) is 7.05. The Morgan fingerprint density at radius 2 is 1.87 bits per heavy atom. The van der Waals surface area contributed by atoms with Gasteiger partial charge in [-0.2, -0.15) is 0 Å². The summed E-state index contributed by atoms with van der Waals surface area (Å²) in [6.07, 6.45) is 7.49. The van der Waals surface area contributed by atoms with Crippen LogP contribution in [0.5, 0.6) is 5.75 Å². The molecule has 31 heavy (non-hydrogen) atoms. The lowest BCUT2D eigenvalue weighted by molar-refractivity contribution is -0.383. The summed E-state index contributed by atoms with van der Waals surface area (Å²) < 4.78 is 5.33. The number of carbonyl (C=O) groups excluding carboxylic acids is 1.